The Morgan fingerprint density at radius 2 is 1.88 bits per heavy atom. The summed E-state index contributed by atoms with van der Waals surface area (Å²) in [5.74, 6) is -0.863. The molecule has 3 heterocycles. The standard InChI is InChI=1S/C23H19N5O3S2/c1-13-10-17(22(30)31-2)21(33-13)26-23(32)28-27-20(29)16-11-19(14-6-5-9-24-12-14)25-18-8-4-3-7-15(16)18/h3-12H,1-2H3,(H,27,29)(H2,26,28,32). The first-order valence-corrected chi connectivity index (χ1v) is 11.0. The summed E-state index contributed by atoms with van der Waals surface area (Å²) in [5.41, 5.74) is 8.21. The van der Waals surface area contributed by atoms with E-state index < -0.39 is 11.9 Å². The number of nitrogens with one attached hydrogen (secondary N) is 3. The molecule has 10 heteroatoms. The summed E-state index contributed by atoms with van der Waals surface area (Å²) in [7, 11) is 1.31. The SMILES string of the molecule is COC(=O)c1cc(C)sc1NC(=S)NNC(=O)c1cc(-c2cccnc2)nc2ccccc12. The number of benzene rings is 1. The number of thiocarbonyl (C=S) groups is 1. The highest BCUT2D eigenvalue weighted by atomic mass is 32.1. The van der Waals surface area contributed by atoms with Crippen molar-refractivity contribution >= 4 is 56.4 Å². The van der Waals surface area contributed by atoms with Gasteiger partial charge in [-0.05, 0) is 49.5 Å². The summed E-state index contributed by atoms with van der Waals surface area (Å²) in [6.07, 6.45) is 3.37. The molecule has 0 aliphatic heterocycles. The zero-order valence-electron chi connectivity index (χ0n) is 17.7. The Hall–Kier alpha value is -3.89. The van der Waals surface area contributed by atoms with Gasteiger partial charge >= 0.3 is 5.97 Å². The summed E-state index contributed by atoms with van der Waals surface area (Å²) >= 11 is 6.64. The minimum Gasteiger partial charge on any atom is -0.465 e. The molecule has 0 bridgehead atoms. The van der Waals surface area contributed by atoms with Crippen molar-refractivity contribution in [1.29, 1.82) is 0 Å². The lowest BCUT2D eigenvalue weighted by molar-refractivity contribution is 0.0602. The van der Waals surface area contributed by atoms with Gasteiger partial charge in [0.05, 0.1) is 29.4 Å². The van der Waals surface area contributed by atoms with Crippen LogP contribution in [0.4, 0.5) is 5.00 Å². The maximum Gasteiger partial charge on any atom is 0.340 e. The van der Waals surface area contributed by atoms with Crippen LogP contribution in [0.3, 0.4) is 0 Å². The van der Waals surface area contributed by atoms with E-state index in [1.807, 2.05) is 43.3 Å². The molecule has 0 radical (unpaired) electrons. The lowest BCUT2D eigenvalue weighted by Crippen LogP contribution is -2.43. The van der Waals surface area contributed by atoms with Crippen molar-refractivity contribution in [3.05, 3.63) is 76.9 Å². The Labute approximate surface area is 199 Å². The second-order valence-corrected chi connectivity index (χ2v) is 8.60. The number of ether oxygens (including phenoxy) is 1. The predicted molar refractivity (Wildman–Crippen MR) is 132 cm³/mol. The maximum atomic E-state index is 13.0. The number of amides is 1. The second-order valence-electron chi connectivity index (χ2n) is 6.94. The average molecular weight is 478 g/mol. The van der Waals surface area contributed by atoms with Gasteiger partial charge < -0.3 is 10.1 Å². The molecule has 0 unspecified atom stereocenters. The largest absolute Gasteiger partial charge is 0.465 e. The first-order chi connectivity index (χ1) is 16.0. The quantitative estimate of drug-likeness (QED) is 0.229. The minimum absolute atomic E-state index is 0.126. The van der Waals surface area contributed by atoms with E-state index in [9.17, 15) is 9.59 Å². The summed E-state index contributed by atoms with van der Waals surface area (Å²) in [5, 5.41) is 4.28. The number of anilines is 1. The monoisotopic (exact) mass is 477 g/mol. The predicted octanol–water partition coefficient (Wildman–Crippen LogP) is 4.08. The van der Waals surface area contributed by atoms with Crippen LogP contribution in [0.25, 0.3) is 22.2 Å². The fourth-order valence-corrected chi connectivity index (χ4v) is 4.33. The summed E-state index contributed by atoms with van der Waals surface area (Å²) in [6.45, 7) is 1.87. The first-order valence-electron chi connectivity index (χ1n) is 9.82. The van der Waals surface area contributed by atoms with E-state index in [1.54, 1.807) is 24.5 Å². The van der Waals surface area contributed by atoms with E-state index in [1.165, 1.54) is 18.4 Å². The number of esters is 1. The molecule has 3 N–H and O–H groups in total. The molecule has 0 spiro atoms. The molecule has 1 amide bonds. The number of hydrazine groups is 1. The normalized spacial score (nSPS) is 10.5. The van der Waals surface area contributed by atoms with Gasteiger partial charge in [-0.2, -0.15) is 0 Å². The number of methoxy groups -OCH3 is 1. The fourth-order valence-electron chi connectivity index (χ4n) is 3.21. The van der Waals surface area contributed by atoms with Crippen LogP contribution in [-0.2, 0) is 4.74 Å². The number of fused-ring (bicyclic) bond motifs is 1. The molecule has 1 aromatic carbocycles. The van der Waals surface area contributed by atoms with Crippen molar-refractivity contribution in [3.63, 3.8) is 0 Å². The van der Waals surface area contributed by atoms with Gasteiger partial charge in [0.15, 0.2) is 5.11 Å². The van der Waals surface area contributed by atoms with Crippen LogP contribution in [0.1, 0.15) is 25.6 Å². The third-order valence-electron chi connectivity index (χ3n) is 4.70. The average Bonchev–Trinajstić information content (AvgIpc) is 3.21. The lowest BCUT2D eigenvalue weighted by Gasteiger charge is -2.13. The zero-order chi connectivity index (χ0) is 23.4. The molecule has 4 aromatic rings. The Morgan fingerprint density at radius 3 is 2.64 bits per heavy atom. The van der Waals surface area contributed by atoms with Gasteiger partial charge in [0.25, 0.3) is 5.91 Å². The maximum absolute atomic E-state index is 13.0. The number of thiophene rings is 1. The molecule has 0 aliphatic carbocycles. The van der Waals surface area contributed by atoms with Crippen LogP contribution in [0.5, 0.6) is 0 Å². The molecule has 166 valence electrons. The number of pyridine rings is 2. The van der Waals surface area contributed by atoms with Crippen molar-refractivity contribution in [2.24, 2.45) is 0 Å². The van der Waals surface area contributed by atoms with Crippen molar-refractivity contribution in [3.8, 4) is 11.3 Å². The van der Waals surface area contributed by atoms with Gasteiger partial charge in [-0.25, -0.2) is 9.78 Å². The molecule has 0 atom stereocenters. The number of rotatable bonds is 4. The van der Waals surface area contributed by atoms with Crippen LogP contribution >= 0.6 is 23.6 Å². The molecule has 33 heavy (non-hydrogen) atoms. The van der Waals surface area contributed by atoms with Gasteiger partial charge in [0.1, 0.15) is 5.00 Å². The third kappa shape index (κ3) is 4.97. The smallest absolute Gasteiger partial charge is 0.340 e. The molecule has 3 aromatic heterocycles. The van der Waals surface area contributed by atoms with Crippen LogP contribution in [0.15, 0.2) is 60.9 Å². The molecule has 0 aliphatic rings. The van der Waals surface area contributed by atoms with Gasteiger partial charge in [0, 0.05) is 28.2 Å². The molecular weight excluding hydrogens is 458 g/mol. The number of aryl methyl sites for hydroxylation is 1. The van der Waals surface area contributed by atoms with Crippen molar-refractivity contribution < 1.29 is 14.3 Å². The van der Waals surface area contributed by atoms with Crippen LogP contribution in [0, 0.1) is 6.92 Å². The van der Waals surface area contributed by atoms with Gasteiger partial charge in [-0.15, -0.1) is 11.3 Å². The minimum atomic E-state index is -0.472. The third-order valence-corrected chi connectivity index (χ3v) is 5.87. The first kappa shape index (κ1) is 22.3. The van der Waals surface area contributed by atoms with Gasteiger partial charge in [-0.1, -0.05) is 18.2 Å². The number of nitrogens with zero attached hydrogens (tertiary/aromatic N) is 2. The molecular formula is C23H19N5O3S2. The number of aromatic nitrogens is 2. The van der Waals surface area contributed by atoms with E-state index in [-0.39, 0.29) is 5.11 Å². The molecule has 8 nitrogen and oxygen atoms in total. The van der Waals surface area contributed by atoms with Gasteiger partial charge in [0.2, 0.25) is 0 Å². The van der Waals surface area contributed by atoms with E-state index in [2.05, 4.69) is 26.1 Å². The Balaban J connectivity index is 1.54. The van der Waals surface area contributed by atoms with E-state index in [4.69, 9.17) is 17.0 Å². The summed E-state index contributed by atoms with van der Waals surface area (Å²) in [4.78, 5) is 34.7. The van der Waals surface area contributed by atoms with E-state index in [0.29, 0.717) is 32.7 Å². The molecule has 0 saturated carbocycles. The number of carbonyl (C=O) groups is 2. The molecule has 0 fully saturated rings. The topological polar surface area (TPSA) is 105 Å². The number of carbonyl (C=O) groups excluding carboxylic acids is 2. The van der Waals surface area contributed by atoms with Crippen LogP contribution in [-0.4, -0.2) is 34.1 Å². The summed E-state index contributed by atoms with van der Waals surface area (Å²) in [6, 6.07) is 14.5. The molecule has 4 rings (SSSR count). The fraction of sp³-hybridized carbons (Fsp3) is 0.0870. The number of para-hydroxylation sites is 1. The van der Waals surface area contributed by atoms with Crippen molar-refractivity contribution in [2.45, 2.75) is 6.92 Å². The van der Waals surface area contributed by atoms with Crippen LogP contribution < -0.4 is 16.2 Å². The Kier molecular flexibility index (Phi) is 6.57. The highest BCUT2D eigenvalue weighted by molar-refractivity contribution is 7.80. The highest BCUT2D eigenvalue weighted by Gasteiger charge is 2.17. The number of hydrogen-bond donors (Lipinski definition) is 3. The molecule has 0 saturated heterocycles. The number of hydrogen-bond acceptors (Lipinski definition) is 7. The van der Waals surface area contributed by atoms with E-state index in [0.717, 1.165) is 10.4 Å². The Morgan fingerprint density at radius 1 is 1.06 bits per heavy atom. The van der Waals surface area contributed by atoms with Crippen molar-refractivity contribution in [2.75, 3.05) is 12.4 Å². The zero-order valence-corrected chi connectivity index (χ0v) is 19.3. The second kappa shape index (κ2) is 9.72. The highest BCUT2D eigenvalue weighted by Crippen LogP contribution is 2.28. The van der Waals surface area contributed by atoms with Crippen LogP contribution in [0.2, 0.25) is 0 Å². The van der Waals surface area contributed by atoms with Crippen molar-refractivity contribution in [1.82, 2.24) is 20.8 Å². The lowest BCUT2D eigenvalue weighted by atomic mass is 10.0. The summed E-state index contributed by atoms with van der Waals surface area (Å²) < 4.78 is 4.80. The van der Waals surface area contributed by atoms with E-state index >= 15 is 0 Å². The Bertz CT molecular complexity index is 1350. The van der Waals surface area contributed by atoms with Gasteiger partial charge in [-0.3, -0.25) is 20.6 Å².